The van der Waals surface area contributed by atoms with Crippen LogP contribution >= 0.6 is 7.80 Å². The summed E-state index contributed by atoms with van der Waals surface area (Å²) >= 11 is 0. The Hall–Kier alpha value is -3.48. The van der Waals surface area contributed by atoms with Crippen molar-refractivity contribution >= 4 is 34.7 Å². The fourth-order valence-corrected chi connectivity index (χ4v) is 6.78. The number of rotatable bonds is 2. The molecule has 0 saturated heterocycles. The zero-order chi connectivity index (χ0) is 22.7. The topological polar surface area (TPSA) is 26.3 Å². The second kappa shape index (κ2) is 7.54. The first kappa shape index (κ1) is 20.1. The van der Waals surface area contributed by atoms with Crippen molar-refractivity contribution in [3.05, 3.63) is 95.6 Å². The standard InChI is InChI=1S/C30H24O2P/c1-18-15-19(2)27(20(3)16-18)29-23-11-6-4-9-21(23)28(22-10-5-7-12-24(22)29)25-13-8-14-26-30(25)33(31)17-32-26/h4-16H,17H2,1-3H3/q+1. The fraction of sp³-hybridized carbons (Fsp3) is 0.133. The lowest BCUT2D eigenvalue weighted by molar-refractivity contribution is 0.397. The molecule has 1 heterocycles. The van der Waals surface area contributed by atoms with Crippen molar-refractivity contribution < 1.29 is 9.30 Å². The van der Waals surface area contributed by atoms with Crippen LogP contribution in [-0.2, 0) is 4.57 Å². The van der Waals surface area contributed by atoms with Crippen molar-refractivity contribution in [2.24, 2.45) is 0 Å². The van der Waals surface area contributed by atoms with Gasteiger partial charge in [0.1, 0.15) is 0 Å². The van der Waals surface area contributed by atoms with E-state index in [2.05, 4.69) is 87.5 Å². The number of hydrogen-bond acceptors (Lipinski definition) is 2. The Labute approximate surface area is 194 Å². The molecule has 1 atom stereocenters. The maximum atomic E-state index is 13.0. The molecule has 0 bridgehead atoms. The van der Waals surface area contributed by atoms with Gasteiger partial charge in [-0.05, 0) is 76.7 Å². The summed E-state index contributed by atoms with van der Waals surface area (Å²) in [5.74, 6) is 0.746. The van der Waals surface area contributed by atoms with Crippen molar-refractivity contribution in [1.82, 2.24) is 0 Å². The summed E-state index contributed by atoms with van der Waals surface area (Å²) in [6.07, 6.45) is 0.261. The molecule has 0 aliphatic carbocycles. The van der Waals surface area contributed by atoms with Gasteiger partial charge in [-0.25, -0.2) is 0 Å². The van der Waals surface area contributed by atoms with Crippen LogP contribution in [0, 0.1) is 20.8 Å². The normalized spacial score (nSPS) is 14.0. The van der Waals surface area contributed by atoms with E-state index in [1.165, 1.54) is 49.4 Å². The predicted octanol–water partition coefficient (Wildman–Crippen LogP) is 8.05. The third-order valence-corrected chi connectivity index (χ3v) is 8.04. The Balaban J connectivity index is 1.83. The molecule has 160 valence electrons. The summed E-state index contributed by atoms with van der Waals surface area (Å²) in [6, 6.07) is 27.8. The quantitative estimate of drug-likeness (QED) is 0.202. The second-order valence-corrected chi connectivity index (χ2v) is 10.4. The smallest absolute Gasteiger partial charge is 0.422 e. The van der Waals surface area contributed by atoms with Crippen LogP contribution in [0.2, 0.25) is 0 Å². The highest BCUT2D eigenvalue weighted by Gasteiger charge is 2.37. The summed E-state index contributed by atoms with van der Waals surface area (Å²) in [6.45, 7) is 6.57. The Bertz CT molecular complexity index is 1530. The van der Waals surface area contributed by atoms with E-state index in [1.54, 1.807) is 0 Å². The summed E-state index contributed by atoms with van der Waals surface area (Å²) in [5.41, 5.74) is 8.57. The molecule has 0 saturated carbocycles. The molecule has 0 fully saturated rings. The monoisotopic (exact) mass is 447 g/mol. The molecule has 1 aliphatic rings. The zero-order valence-corrected chi connectivity index (χ0v) is 19.9. The maximum absolute atomic E-state index is 13.0. The lowest BCUT2D eigenvalue weighted by atomic mass is 9.83. The molecule has 1 unspecified atom stereocenters. The molecule has 0 amide bonds. The molecule has 0 aromatic heterocycles. The van der Waals surface area contributed by atoms with E-state index < -0.39 is 7.80 Å². The van der Waals surface area contributed by atoms with Gasteiger partial charge in [0.15, 0.2) is 5.75 Å². The van der Waals surface area contributed by atoms with Gasteiger partial charge in [-0.1, -0.05) is 76.9 Å². The lowest BCUT2D eigenvalue weighted by Crippen LogP contribution is -2.01. The van der Waals surface area contributed by atoms with E-state index in [0.29, 0.717) is 0 Å². The van der Waals surface area contributed by atoms with E-state index in [1.807, 2.05) is 12.1 Å². The number of hydrogen-bond donors (Lipinski definition) is 0. The van der Waals surface area contributed by atoms with Gasteiger partial charge in [-0.2, -0.15) is 0 Å². The van der Waals surface area contributed by atoms with Crippen LogP contribution in [-0.4, -0.2) is 6.35 Å². The molecule has 0 radical (unpaired) electrons. The Morgan fingerprint density at radius 3 is 1.79 bits per heavy atom. The Kier molecular flexibility index (Phi) is 4.60. The second-order valence-electron chi connectivity index (χ2n) is 8.92. The van der Waals surface area contributed by atoms with Crippen molar-refractivity contribution in [2.45, 2.75) is 20.8 Å². The first-order valence-corrected chi connectivity index (χ1v) is 12.7. The highest BCUT2D eigenvalue weighted by Crippen LogP contribution is 2.47. The van der Waals surface area contributed by atoms with E-state index in [0.717, 1.165) is 22.2 Å². The van der Waals surface area contributed by atoms with Crippen molar-refractivity contribution in [3.8, 4) is 28.0 Å². The van der Waals surface area contributed by atoms with Crippen LogP contribution in [0.1, 0.15) is 16.7 Å². The Morgan fingerprint density at radius 1 is 0.667 bits per heavy atom. The van der Waals surface area contributed by atoms with Crippen LogP contribution in [0.3, 0.4) is 0 Å². The van der Waals surface area contributed by atoms with Gasteiger partial charge < -0.3 is 4.74 Å². The van der Waals surface area contributed by atoms with Crippen LogP contribution in [0.15, 0.2) is 78.9 Å². The zero-order valence-electron chi connectivity index (χ0n) is 19.0. The van der Waals surface area contributed by atoms with E-state index in [-0.39, 0.29) is 6.35 Å². The van der Waals surface area contributed by atoms with E-state index in [4.69, 9.17) is 4.74 Å². The van der Waals surface area contributed by atoms with Crippen LogP contribution in [0.25, 0.3) is 43.8 Å². The molecule has 0 spiro atoms. The highest BCUT2D eigenvalue weighted by atomic mass is 31.1. The molecule has 5 aromatic carbocycles. The third-order valence-electron chi connectivity index (χ3n) is 6.71. The molecule has 33 heavy (non-hydrogen) atoms. The van der Waals surface area contributed by atoms with Crippen LogP contribution in [0.5, 0.6) is 5.75 Å². The summed E-state index contributed by atoms with van der Waals surface area (Å²) in [4.78, 5) is 0. The SMILES string of the molecule is Cc1cc(C)c(-c2c3ccccc3c(-c3cccc4c3[P+](=O)CO4)c3ccccc23)c(C)c1. The predicted molar refractivity (Wildman–Crippen MR) is 139 cm³/mol. The van der Waals surface area contributed by atoms with Gasteiger partial charge in [-0.3, -0.25) is 0 Å². The summed E-state index contributed by atoms with van der Waals surface area (Å²) in [7, 11) is -1.57. The lowest BCUT2D eigenvalue weighted by Gasteiger charge is -2.20. The molecule has 2 nitrogen and oxygen atoms in total. The number of aryl methyl sites for hydroxylation is 3. The number of benzene rings is 5. The highest BCUT2D eigenvalue weighted by molar-refractivity contribution is 7.54. The average Bonchev–Trinajstić information content (AvgIpc) is 3.19. The van der Waals surface area contributed by atoms with Crippen LogP contribution < -0.4 is 10.0 Å². The number of fused-ring (bicyclic) bond motifs is 3. The first-order valence-electron chi connectivity index (χ1n) is 11.3. The van der Waals surface area contributed by atoms with Gasteiger partial charge in [0.2, 0.25) is 5.30 Å². The van der Waals surface area contributed by atoms with E-state index >= 15 is 0 Å². The minimum Gasteiger partial charge on any atom is -0.444 e. The van der Waals surface area contributed by atoms with Gasteiger partial charge in [0.05, 0.1) is 0 Å². The fourth-order valence-electron chi connectivity index (χ4n) is 5.55. The number of ether oxygens (including phenoxy) is 1. The Morgan fingerprint density at radius 2 is 1.21 bits per heavy atom. The maximum Gasteiger partial charge on any atom is 0.422 e. The molecule has 6 rings (SSSR count). The minimum atomic E-state index is -1.57. The molecular formula is C30H24O2P+. The molecular weight excluding hydrogens is 423 g/mol. The van der Waals surface area contributed by atoms with Crippen molar-refractivity contribution in [1.29, 1.82) is 0 Å². The first-order chi connectivity index (χ1) is 16.0. The van der Waals surface area contributed by atoms with Gasteiger partial charge in [-0.15, -0.1) is 0 Å². The molecule has 1 aliphatic heterocycles. The molecule has 5 aromatic rings. The van der Waals surface area contributed by atoms with Crippen molar-refractivity contribution in [3.63, 3.8) is 0 Å². The van der Waals surface area contributed by atoms with Crippen molar-refractivity contribution in [2.75, 3.05) is 6.35 Å². The minimum absolute atomic E-state index is 0.261. The summed E-state index contributed by atoms with van der Waals surface area (Å²) in [5, 5.41) is 5.63. The van der Waals surface area contributed by atoms with Gasteiger partial charge in [0, 0.05) is 11.1 Å². The molecule has 3 heteroatoms. The van der Waals surface area contributed by atoms with Gasteiger partial charge in [0.25, 0.3) is 6.35 Å². The van der Waals surface area contributed by atoms with Crippen LogP contribution in [0.4, 0.5) is 0 Å². The average molecular weight is 447 g/mol. The van der Waals surface area contributed by atoms with Gasteiger partial charge >= 0.3 is 7.80 Å². The van der Waals surface area contributed by atoms with E-state index in [9.17, 15) is 4.57 Å². The third kappa shape index (κ3) is 3.02. The largest absolute Gasteiger partial charge is 0.444 e. The molecule has 0 N–H and O–H groups in total. The summed E-state index contributed by atoms with van der Waals surface area (Å²) < 4.78 is 18.7.